The standard InChI is InChI=1S/C48H31NO/c1-2-11-32(12-3-1)33-21-26-37(27-22-33)49(46-20-10-18-41-38-15-6-4-13-34(38)23-28-42(41)46)45-19-9-8-16-39(45)36-25-30-47-44(31-36)43-29-24-35-14-5-7-17-40(35)48(43)50-47/h1-31H. The van der Waals surface area contributed by atoms with E-state index in [1.165, 1.54) is 38.1 Å². The summed E-state index contributed by atoms with van der Waals surface area (Å²) in [5, 5.41) is 9.51. The van der Waals surface area contributed by atoms with Gasteiger partial charge in [0.1, 0.15) is 11.2 Å². The third-order valence-electron chi connectivity index (χ3n) is 10.1. The van der Waals surface area contributed by atoms with Gasteiger partial charge in [-0.05, 0) is 80.7 Å². The third-order valence-corrected chi connectivity index (χ3v) is 10.1. The summed E-state index contributed by atoms with van der Waals surface area (Å²) in [5.74, 6) is 0. The summed E-state index contributed by atoms with van der Waals surface area (Å²) in [6.07, 6.45) is 0. The van der Waals surface area contributed by atoms with Crippen molar-refractivity contribution in [3.8, 4) is 22.3 Å². The van der Waals surface area contributed by atoms with Crippen molar-refractivity contribution in [2.45, 2.75) is 0 Å². The molecule has 0 unspecified atom stereocenters. The number of rotatable bonds is 5. The van der Waals surface area contributed by atoms with E-state index in [2.05, 4.69) is 193 Å². The molecule has 0 saturated carbocycles. The molecule has 10 rings (SSSR count). The highest BCUT2D eigenvalue weighted by Gasteiger charge is 2.21. The largest absolute Gasteiger partial charge is 0.455 e. The van der Waals surface area contributed by atoms with Gasteiger partial charge in [0, 0.05) is 32.8 Å². The zero-order valence-corrected chi connectivity index (χ0v) is 27.3. The molecular weight excluding hydrogens is 607 g/mol. The van der Waals surface area contributed by atoms with Crippen molar-refractivity contribution in [1.29, 1.82) is 0 Å². The Hall–Kier alpha value is -6.64. The topological polar surface area (TPSA) is 16.4 Å². The molecule has 0 amide bonds. The van der Waals surface area contributed by atoms with Gasteiger partial charge in [0.2, 0.25) is 0 Å². The molecule has 0 aliphatic heterocycles. The fourth-order valence-electron chi connectivity index (χ4n) is 7.65. The van der Waals surface area contributed by atoms with Crippen LogP contribution in [0.5, 0.6) is 0 Å². The summed E-state index contributed by atoms with van der Waals surface area (Å²) < 4.78 is 6.49. The molecule has 0 radical (unpaired) electrons. The summed E-state index contributed by atoms with van der Waals surface area (Å²) in [7, 11) is 0. The molecule has 0 fully saturated rings. The molecule has 0 aliphatic carbocycles. The van der Waals surface area contributed by atoms with E-state index < -0.39 is 0 Å². The number of benzene rings is 9. The maximum absolute atomic E-state index is 6.49. The van der Waals surface area contributed by atoms with E-state index in [4.69, 9.17) is 4.42 Å². The maximum atomic E-state index is 6.49. The van der Waals surface area contributed by atoms with Crippen molar-refractivity contribution >= 4 is 71.3 Å². The van der Waals surface area contributed by atoms with E-state index >= 15 is 0 Å². The lowest BCUT2D eigenvalue weighted by molar-refractivity contribution is 0.672. The monoisotopic (exact) mass is 637 g/mol. The normalized spacial score (nSPS) is 11.6. The fraction of sp³-hybridized carbons (Fsp3) is 0. The lowest BCUT2D eigenvalue weighted by Gasteiger charge is -2.29. The Kier molecular flexibility index (Phi) is 6.53. The van der Waals surface area contributed by atoms with Gasteiger partial charge in [-0.1, -0.05) is 146 Å². The number of para-hydroxylation sites is 1. The fourth-order valence-corrected chi connectivity index (χ4v) is 7.65. The quantitative estimate of drug-likeness (QED) is 0.175. The van der Waals surface area contributed by atoms with Crippen LogP contribution in [0.2, 0.25) is 0 Å². The van der Waals surface area contributed by atoms with E-state index in [1.54, 1.807) is 0 Å². The molecule has 50 heavy (non-hydrogen) atoms. The summed E-state index contributed by atoms with van der Waals surface area (Å²) in [4.78, 5) is 2.42. The van der Waals surface area contributed by atoms with Crippen LogP contribution in [0, 0.1) is 0 Å². The van der Waals surface area contributed by atoms with Crippen LogP contribution < -0.4 is 4.90 Å². The predicted molar refractivity (Wildman–Crippen MR) is 212 cm³/mol. The molecule has 0 atom stereocenters. The highest BCUT2D eigenvalue weighted by molar-refractivity contribution is 6.16. The molecule has 10 aromatic rings. The zero-order chi connectivity index (χ0) is 33.0. The third kappa shape index (κ3) is 4.57. The van der Waals surface area contributed by atoms with E-state index in [0.717, 1.165) is 55.5 Å². The molecule has 1 heterocycles. The molecule has 0 spiro atoms. The first-order chi connectivity index (χ1) is 24.8. The molecule has 0 aliphatic rings. The number of furan rings is 1. The smallest absolute Gasteiger partial charge is 0.143 e. The van der Waals surface area contributed by atoms with E-state index in [-0.39, 0.29) is 0 Å². The minimum atomic E-state index is 0.895. The van der Waals surface area contributed by atoms with Crippen LogP contribution in [0.1, 0.15) is 0 Å². The maximum Gasteiger partial charge on any atom is 0.143 e. The van der Waals surface area contributed by atoms with Crippen LogP contribution in [0.3, 0.4) is 0 Å². The lowest BCUT2D eigenvalue weighted by Crippen LogP contribution is -2.11. The van der Waals surface area contributed by atoms with Crippen LogP contribution in [0.4, 0.5) is 17.1 Å². The molecule has 2 nitrogen and oxygen atoms in total. The summed E-state index contributed by atoms with van der Waals surface area (Å²) in [6.45, 7) is 0. The minimum Gasteiger partial charge on any atom is -0.455 e. The van der Waals surface area contributed by atoms with Gasteiger partial charge in [-0.25, -0.2) is 0 Å². The van der Waals surface area contributed by atoms with Crippen molar-refractivity contribution in [2.75, 3.05) is 4.90 Å². The Bertz CT molecular complexity index is 2870. The second-order valence-corrected chi connectivity index (χ2v) is 12.9. The van der Waals surface area contributed by atoms with Crippen molar-refractivity contribution in [3.05, 3.63) is 188 Å². The van der Waals surface area contributed by atoms with Crippen LogP contribution >= 0.6 is 0 Å². The molecule has 234 valence electrons. The Morgan fingerprint density at radius 3 is 1.80 bits per heavy atom. The number of anilines is 3. The first kappa shape index (κ1) is 28.4. The van der Waals surface area contributed by atoms with Crippen molar-refractivity contribution in [1.82, 2.24) is 0 Å². The Morgan fingerprint density at radius 2 is 0.960 bits per heavy atom. The van der Waals surface area contributed by atoms with Gasteiger partial charge < -0.3 is 9.32 Å². The average Bonchev–Trinajstić information content (AvgIpc) is 3.57. The molecule has 0 bridgehead atoms. The van der Waals surface area contributed by atoms with Gasteiger partial charge in [0.05, 0.1) is 11.4 Å². The van der Waals surface area contributed by atoms with E-state index in [1.807, 2.05) is 0 Å². The first-order valence-electron chi connectivity index (χ1n) is 17.1. The first-order valence-corrected chi connectivity index (χ1v) is 17.1. The van der Waals surface area contributed by atoms with Gasteiger partial charge in [-0.2, -0.15) is 0 Å². The highest BCUT2D eigenvalue weighted by Crippen LogP contribution is 2.45. The molecule has 2 heteroatoms. The van der Waals surface area contributed by atoms with Crippen molar-refractivity contribution in [2.24, 2.45) is 0 Å². The summed E-state index contributed by atoms with van der Waals surface area (Å²) >= 11 is 0. The summed E-state index contributed by atoms with van der Waals surface area (Å²) in [5.41, 5.74) is 9.85. The van der Waals surface area contributed by atoms with Gasteiger partial charge in [0.15, 0.2) is 0 Å². The SMILES string of the molecule is c1ccc(-c2ccc(N(c3ccccc3-c3ccc4oc5c6ccccc6ccc5c4c3)c3cccc4c3ccc3ccccc34)cc2)cc1. The van der Waals surface area contributed by atoms with Crippen molar-refractivity contribution in [3.63, 3.8) is 0 Å². The summed E-state index contributed by atoms with van der Waals surface area (Å²) in [6, 6.07) is 67.6. The van der Waals surface area contributed by atoms with Gasteiger partial charge in [0.25, 0.3) is 0 Å². The Balaban J connectivity index is 1.19. The number of hydrogen-bond donors (Lipinski definition) is 0. The highest BCUT2D eigenvalue weighted by atomic mass is 16.3. The van der Waals surface area contributed by atoms with Crippen LogP contribution in [0.25, 0.3) is 76.5 Å². The predicted octanol–water partition coefficient (Wildman–Crippen LogP) is 13.8. The van der Waals surface area contributed by atoms with Crippen LogP contribution in [-0.2, 0) is 0 Å². The number of hydrogen-bond acceptors (Lipinski definition) is 2. The average molecular weight is 638 g/mol. The number of fused-ring (bicyclic) bond motifs is 8. The molecule has 0 saturated heterocycles. The molecule has 0 N–H and O–H groups in total. The van der Waals surface area contributed by atoms with Crippen molar-refractivity contribution < 1.29 is 4.42 Å². The molecule has 1 aromatic heterocycles. The van der Waals surface area contributed by atoms with Gasteiger partial charge in [-0.3, -0.25) is 0 Å². The van der Waals surface area contributed by atoms with Crippen LogP contribution in [0.15, 0.2) is 192 Å². The Labute approximate surface area is 290 Å². The zero-order valence-electron chi connectivity index (χ0n) is 27.3. The number of nitrogens with zero attached hydrogens (tertiary/aromatic N) is 1. The molecule has 9 aromatic carbocycles. The minimum absolute atomic E-state index is 0.895. The van der Waals surface area contributed by atoms with E-state index in [9.17, 15) is 0 Å². The second kappa shape index (κ2) is 11.5. The van der Waals surface area contributed by atoms with Gasteiger partial charge in [-0.15, -0.1) is 0 Å². The van der Waals surface area contributed by atoms with Gasteiger partial charge >= 0.3 is 0 Å². The lowest BCUT2D eigenvalue weighted by atomic mass is 9.97. The van der Waals surface area contributed by atoms with Crippen LogP contribution in [-0.4, -0.2) is 0 Å². The van der Waals surface area contributed by atoms with E-state index in [0.29, 0.717) is 0 Å². The molecular formula is C48H31NO. The second-order valence-electron chi connectivity index (χ2n) is 12.9. The Morgan fingerprint density at radius 1 is 0.340 bits per heavy atom.